The predicted molar refractivity (Wildman–Crippen MR) is 116 cm³/mol. The van der Waals surface area contributed by atoms with Gasteiger partial charge in [-0.2, -0.15) is 0 Å². The van der Waals surface area contributed by atoms with E-state index in [4.69, 9.17) is 11.6 Å². The average molecular weight is 410 g/mol. The molecule has 4 aliphatic rings. The van der Waals surface area contributed by atoms with Gasteiger partial charge in [0, 0.05) is 35.1 Å². The van der Waals surface area contributed by atoms with Crippen LogP contribution in [0.15, 0.2) is 35.9 Å². The molecule has 3 aliphatic heterocycles. The van der Waals surface area contributed by atoms with E-state index in [0.717, 1.165) is 42.9 Å². The summed E-state index contributed by atoms with van der Waals surface area (Å²) >= 11 is 6.35. The van der Waals surface area contributed by atoms with Gasteiger partial charge in [-0.05, 0) is 68.7 Å². The number of hydrogen-bond donors (Lipinski definition) is 1. The molecule has 0 radical (unpaired) electrons. The van der Waals surface area contributed by atoms with Gasteiger partial charge in [0.25, 0.3) is 5.91 Å². The molecule has 0 saturated carbocycles. The van der Waals surface area contributed by atoms with Crippen LogP contribution in [0.3, 0.4) is 0 Å². The first-order valence-electron chi connectivity index (χ1n) is 11.2. The summed E-state index contributed by atoms with van der Waals surface area (Å²) in [5.41, 5.74) is 3.14. The van der Waals surface area contributed by atoms with Crippen LogP contribution in [0.4, 0.5) is 0 Å². The van der Waals surface area contributed by atoms with Crippen molar-refractivity contribution in [2.45, 2.75) is 50.6 Å². The largest absolute Gasteiger partial charge is 0.350 e. The molecule has 3 fully saturated rings. The van der Waals surface area contributed by atoms with Crippen molar-refractivity contribution < 1.29 is 4.79 Å². The lowest BCUT2D eigenvalue weighted by atomic mass is 9.68. The van der Waals surface area contributed by atoms with Gasteiger partial charge in [-0.25, -0.2) is 0 Å². The standard InChI is InChI=1S/C24H28ClN3O/c25-19-6-3-7-20-18(19)13-21(26-20)24(29)28-10-4-5-15-11-16-12-17(23(15)28)14-27-9-2-1-8-22(16)27/h3,6-7,11,13,16-17,22-23,26H,1-2,4-5,8-10,12,14H2/t16-,17-,22-,23-/m0/s1. The highest BCUT2D eigenvalue weighted by Crippen LogP contribution is 2.45. The number of aromatic amines is 1. The van der Waals surface area contributed by atoms with Gasteiger partial charge in [-0.3, -0.25) is 9.69 Å². The molecule has 1 aromatic heterocycles. The third-order valence-corrected chi connectivity index (χ3v) is 8.09. The maximum Gasteiger partial charge on any atom is 0.270 e. The summed E-state index contributed by atoms with van der Waals surface area (Å²) in [5, 5.41) is 1.63. The molecule has 1 amide bonds. The second-order valence-corrected chi connectivity index (χ2v) is 9.80. The Morgan fingerprint density at radius 1 is 1.17 bits per heavy atom. The Labute approximate surface area is 176 Å². The number of hydrogen-bond acceptors (Lipinski definition) is 2. The Morgan fingerprint density at radius 2 is 2.10 bits per heavy atom. The van der Waals surface area contributed by atoms with Crippen molar-refractivity contribution in [3.05, 3.63) is 46.6 Å². The Kier molecular flexibility index (Phi) is 4.28. The Hall–Kier alpha value is -1.78. The number of rotatable bonds is 1. The predicted octanol–water partition coefficient (Wildman–Crippen LogP) is 4.86. The number of H-pyrrole nitrogens is 1. The lowest BCUT2D eigenvalue weighted by molar-refractivity contribution is 0.00134. The Morgan fingerprint density at radius 3 is 3.00 bits per heavy atom. The van der Waals surface area contributed by atoms with Crippen LogP contribution in [-0.4, -0.2) is 52.4 Å². The van der Waals surface area contributed by atoms with Gasteiger partial charge in [0.2, 0.25) is 0 Å². The minimum Gasteiger partial charge on any atom is -0.350 e. The second kappa shape index (κ2) is 6.88. The lowest BCUT2D eigenvalue weighted by Crippen LogP contribution is -2.60. The quantitative estimate of drug-likeness (QED) is 0.683. The molecule has 6 rings (SSSR count). The summed E-state index contributed by atoms with van der Waals surface area (Å²) in [4.78, 5) is 21.8. The fourth-order valence-corrected chi connectivity index (χ4v) is 6.82. The van der Waals surface area contributed by atoms with E-state index < -0.39 is 0 Å². The molecule has 1 aliphatic carbocycles. The summed E-state index contributed by atoms with van der Waals surface area (Å²) in [6.07, 6.45) is 10.1. The molecule has 29 heavy (non-hydrogen) atoms. The van der Waals surface area contributed by atoms with E-state index in [1.807, 2.05) is 24.3 Å². The van der Waals surface area contributed by atoms with Crippen molar-refractivity contribution in [3.63, 3.8) is 0 Å². The first-order valence-corrected chi connectivity index (χ1v) is 11.6. The molecule has 4 nitrogen and oxygen atoms in total. The van der Waals surface area contributed by atoms with Crippen molar-refractivity contribution in [2.24, 2.45) is 11.8 Å². The van der Waals surface area contributed by atoms with Crippen molar-refractivity contribution in [3.8, 4) is 0 Å². The molecule has 1 N–H and O–H groups in total. The Balaban J connectivity index is 1.34. The van der Waals surface area contributed by atoms with E-state index in [-0.39, 0.29) is 11.9 Å². The molecule has 1 aromatic carbocycles. The number of halogens is 1. The van der Waals surface area contributed by atoms with Crippen molar-refractivity contribution in [1.82, 2.24) is 14.8 Å². The molecular weight excluding hydrogens is 382 g/mol. The zero-order valence-electron chi connectivity index (χ0n) is 16.7. The third-order valence-electron chi connectivity index (χ3n) is 7.76. The van der Waals surface area contributed by atoms with Gasteiger partial charge in [0.1, 0.15) is 5.69 Å². The van der Waals surface area contributed by atoms with Crippen LogP contribution >= 0.6 is 11.6 Å². The number of nitrogens with one attached hydrogen (secondary N) is 1. The molecule has 2 bridgehead atoms. The molecular formula is C24H28ClN3O. The van der Waals surface area contributed by atoms with Gasteiger partial charge >= 0.3 is 0 Å². The maximum absolute atomic E-state index is 13.6. The first-order chi connectivity index (χ1) is 14.2. The van der Waals surface area contributed by atoms with Gasteiger partial charge < -0.3 is 9.88 Å². The van der Waals surface area contributed by atoms with Crippen molar-refractivity contribution in [2.75, 3.05) is 19.6 Å². The molecule has 3 saturated heterocycles. The van der Waals surface area contributed by atoms with Crippen molar-refractivity contribution in [1.29, 1.82) is 0 Å². The normalized spacial score (nSPS) is 31.9. The molecule has 152 valence electrons. The summed E-state index contributed by atoms with van der Waals surface area (Å²) < 4.78 is 0. The minimum atomic E-state index is 0.132. The van der Waals surface area contributed by atoms with Crippen LogP contribution in [0.5, 0.6) is 0 Å². The van der Waals surface area contributed by atoms with Crippen LogP contribution < -0.4 is 0 Å². The van der Waals surface area contributed by atoms with Crippen LogP contribution in [-0.2, 0) is 0 Å². The number of benzene rings is 1. The highest BCUT2D eigenvalue weighted by molar-refractivity contribution is 6.35. The molecule has 2 aromatic rings. The average Bonchev–Trinajstić information content (AvgIpc) is 3.19. The maximum atomic E-state index is 13.6. The summed E-state index contributed by atoms with van der Waals surface area (Å²) in [6.45, 7) is 3.25. The molecule has 5 heteroatoms. The van der Waals surface area contributed by atoms with Gasteiger partial charge in [-0.1, -0.05) is 35.7 Å². The fraction of sp³-hybridized carbons (Fsp3) is 0.542. The van der Waals surface area contributed by atoms with Gasteiger partial charge in [0.15, 0.2) is 0 Å². The third kappa shape index (κ3) is 2.87. The number of aromatic nitrogens is 1. The highest BCUT2D eigenvalue weighted by atomic mass is 35.5. The molecule has 0 spiro atoms. The monoisotopic (exact) mass is 409 g/mol. The summed E-state index contributed by atoms with van der Waals surface area (Å²) in [5.74, 6) is 1.40. The number of carbonyl (C=O) groups is 1. The fourth-order valence-electron chi connectivity index (χ4n) is 6.59. The zero-order valence-corrected chi connectivity index (χ0v) is 17.5. The number of carbonyl (C=O) groups excluding carboxylic acids is 1. The van der Waals surface area contributed by atoms with Crippen LogP contribution in [0.2, 0.25) is 5.02 Å². The second-order valence-electron chi connectivity index (χ2n) is 9.39. The van der Waals surface area contributed by atoms with E-state index in [1.165, 1.54) is 37.8 Å². The minimum absolute atomic E-state index is 0.132. The number of likely N-dealkylation sites (tertiary alicyclic amines) is 1. The number of amides is 1. The van der Waals surface area contributed by atoms with Crippen LogP contribution in [0.1, 0.15) is 49.0 Å². The lowest BCUT2D eigenvalue weighted by Gasteiger charge is -2.54. The van der Waals surface area contributed by atoms with Crippen molar-refractivity contribution >= 4 is 28.4 Å². The van der Waals surface area contributed by atoms with E-state index >= 15 is 0 Å². The van der Waals surface area contributed by atoms with E-state index in [9.17, 15) is 4.79 Å². The highest BCUT2D eigenvalue weighted by Gasteiger charge is 2.47. The Bertz CT molecular complexity index is 995. The topological polar surface area (TPSA) is 39.3 Å². The SMILES string of the molecule is O=C(c1cc2c(Cl)cccc2[nH]1)N1CCCC2=C[C@H]3C[C@@H](CN4CCCC[C@@H]34)[C@H]21. The molecule has 0 unspecified atom stereocenters. The number of piperidine rings is 3. The van der Waals surface area contributed by atoms with Crippen LogP contribution in [0.25, 0.3) is 10.9 Å². The van der Waals surface area contributed by atoms with E-state index in [1.54, 1.807) is 0 Å². The number of fused-ring (bicyclic) bond motifs is 7. The first kappa shape index (κ1) is 18.0. The number of nitrogens with zero attached hydrogens (tertiary/aromatic N) is 2. The van der Waals surface area contributed by atoms with Gasteiger partial charge in [-0.15, -0.1) is 0 Å². The molecule has 4 heterocycles. The molecule has 4 atom stereocenters. The summed E-state index contributed by atoms with van der Waals surface area (Å²) in [7, 11) is 0. The smallest absolute Gasteiger partial charge is 0.270 e. The van der Waals surface area contributed by atoms with E-state index in [0.29, 0.717) is 22.6 Å². The van der Waals surface area contributed by atoms with E-state index in [2.05, 4.69) is 20.9 Å². The van der Waals surface area contributed by atoms with Gasteiger partial charge in [0.05, 0.1) is 6.04 Å². The summed E-state index contributed by atoms with van der Waals surface area (Å²) in [6, 6.07) is 8.75. The van der Waals surface area contributed by atoms with Crippen LogP contribution in [0, 0.1) is 11.8 Å². The zero-order chi connectivity index (χ0) is 19.5.